The van der Waals surface area contributed by atoms with Crippen molar-refractivity contribution >= 4 is 29.4 Å². The van der Waals surface area contributed by atoms with E-state index in [0.29, 0.717) is 11.7 Å². The second-order valence-corrected chi connectivity index (χ2v) is 8.17. The van der Waals surface area contributed by atoms with E-state index in [1.165, 1.54) is 31.0 Å². The van der Waals surface area contributed by atoms with Crippen LogP contribution >= 0.6 is 11.8 Å². The van der Waals surface area contributed by atoms with E-state index in [0.717, 1.165) is 34.9 Å². The van der Waals surface area contributed by atoms with E-state index >= 15 is 0 Å². The monoisotopic (exact) mass is 401 g/mol. The third kappa shape index (κ3) is 4.92. The fraction of sp³-hybridized carbons (Fsp3) is 0.500. The zero-order valence-electron chi connectivity index (χ0n) is 16.6. The maximum Gasteiger partial charge on any atom is 0.325 e. The molecule has 0 bridgehead atoms. The number of amides is 3. The van der Waals surface area contributed by atoms with Gasteiger partial charge >= 0.3 is 6.03 Å². The number of imide groups is 1. The van der Waals surface area contributed by atoms with Gasteiger partial charge in [-0.1, -0.05) is 43.2 Å². The first-order valence-electron chi connectivity index (χ1n) is 9.67. The smallest absolute Gasteiger partial charge is 0.307 e. The van der Waals surface area contributed by atoms with Crippen molar-refractivity contribution in [1.82, 2.24) is 20.1 Å². The molecule has 0 aliphatic heterocycles. The topological polar surface area (TPSA) is 88.9 Å². The lowest BCUT2D eigenvalue weighted by molar-refractivity contribution is -0.117. The minimum Gasteiger partial charge on any atom is -0.307 e. The number of thioether (sulfide) groups is 1. The summed E-state index contributed by atoms with van der Waals surface area (Å²) in [4.78, 5) is 24.3. The number of rotatable bonds is 5. The molecule has 1 heterocycles. The maximum absolute atomic E-state index is 12.2. The second kappa shape index (κ2) is 9.23. The van der Waals surface area contributed by atoms with Gasteiger partial charge in [-0.2, -0.15) is 0 Å². The van der Waals surface area contributed by atoms with Crippen LogP contribution in [0.15, 0.2) is 23.4 Å². The molecule has 1 fully saturated rings. The van der Waals surface area contributed by atoms with Crippen LogP contribution in [0.5, 0.6) is 0 Å². The molecule has 0 radical (unpaired) electrons. The third-order valence-electron chi connectivity index (χ3n) is 5.21. The Bertz CT molecular complexity index is 858. The minimum atomic E-state index is -0.524. The highest BCUT2D eigenvalue weighted by atomic mass is 32.2. The summed E-state index contributed by atoms with van der Waals surface area (Å²) >= 11 is 1.32. The Hall–Kier alpha value is -2.35. The normalized spacial score (nSPS) is 14.7. The van der Waals surface area contributed by atoms with Crippen LogP contribution in [0, 0.1) is 20.8 Å². The predicted molar refractivity (Wildman–Crippen MR) is 111 cm³/mol. The molecule has 0 spiro atoms. The predicted octanol–water partition coefficient (Wildman–Crippen LogP) is 4.15. The number of benzene rings is 1. The van der Waals surface area contributed by atoms with Crippen molar-refractivity contribution in [3.05, 3.63) is 35.2 Å². The highest BCUT2D eigenvalue weighted by Crippen LogP contribution is 2.32. The van der Waals surface area contributed by atoms with E-state index < -0.39 is 6.03 Å². The van der Waals surface area contributed by atoms with Gasteiger partial charge in [0.2, 0.25) is 5.91 Å². The summed E-state index contributed by atoms with van der Waals surface area (Å²) < 4.78 is 2.15. The lowest BCUT2D eigenvalue weighted by atomic mass is 9.95. The van der Waals surface area contributed by atoms with E-state index in [9.17, 15) is 9.59 Å². The quantitative estimate of drug-likeness (QED) is 0.735. The van der Waals surface area contributed by atoms with Crippen molar-refractivity contribution in [2.24, 2.45) is 0 Å². The van der Waals surface area contributed by atoms with Crippen LogP contribution in [0.1, 0.15) is 55.1 Å². The molecule has 8 heteroatoms. The molecule has 0 saturated heterocycles. The Balaban J connectivity index is 1.54. The van der Waals surface area contributed by atoms with Gasteiger partial charge in [0.05, 0.1) is 5.75 Å². The van der Waals surface area contributed by atoms with E-state index in [1.54, 1.807) is 0 Å². The van der Waals surface area contributed by atoms with Crippen molar-refractivity contribution in [3.63, 3.8) is 0 Å². The number of nitrogens with one attached hydrogen (secondary N) is 2. The SMILES string of the molecule is Cc1cccc(NC(=O)NC(=O)CSc2nnc(C)n2C2CCCCC2)c1C. The van der Waals surface area contributed by atoms with E-state index in [1.807, 2.05) is 39.0 Å². The summed E-state index contributed by atoms with van der Waals surface area (Å²) in [5, 5.41) is 14.3. The molecule has 2 aromatic rings. The molecule has 0 unspecified atom stereocenters. The fourth-order valence-electron chi connectivity index (χ4n) is 3.54. The van der Waals surface area contributed by atoms with Crippen molar-refractivity contribution < 1.29 is 9.59 Å². The molecule has 1 saturated carbocycles. The molecule has 3 rings (SSSR count). The average molecular weight is 402 g/mol. The zero-order chi connectivity index (χ0) is 20.1. The van der Waals surface area contributed by atoms with Crippen LogP contribution in [0.2, 0.25) is 0 Å². The highest BCUT2D eigenvalue weighted by Gasteiger charge is 2.22. The molecule has 7 nitrogen and oxygen atoms in total. The summed E-state index contributed by atoms with van der Waals surface area (Å²) in [5.41, 5.74) is 2.76. The summed E-state index contributed by atoms with van der Waals surface area (Å²) in [7, 11) is 0. The standard InChI is InChI=1S/C20H27N5O2S/c1-13-8-7-11-17(14(13)2)21-19(27)22-18(26)12-28-20-24-23-15(3)25(20)16-9-5-4-6-10-16/h7-8,11,16H,4-6,9-10,12H2,1-3H3,(H2,21,22,26,27). The summed E-state index contributed by atoms with van der Waals surface area (Å²) in [6, 6.07) is 5.54. The molecule has 2 N–H and O–H groups in total. The molecular weight excluding hydrogens is 374 g/mol. The largest absolute Gasteiger partial charge is 0.325 e. The number of aryl methyl sites for hydroxylation is 2. The van der Waals surface area contributed by atoms with Crippen molar-refractivity contribution in [2.45, 2.75) is 64.1 Å². The number of nitrogens with zero attached hydrogens (tertiary/aromatic N) is 3. The van der Waals surface area contributed by atoms with Gasteiger partial charge < -0.3 is 9.88 Å². The Morgan fingerprint density at radius 2 is 1.89 bits per heavy atom. The maximum atomic E-state index is 12.2. The number of carbonyl (C=O) groups excluding carboxylic acids is 2. The van der Waals surface area contributed by atoms with Gasteiger partial charge in [0.15, 0.2) is 5.16 Å². The van der Waals surface area contributed by atoms with Gasteiger partial charge in [0.1, 0.15) is 5.82 Å². The third-order valence-corrected chi connectivity index (χ3v) is 6.16. The Morgan fingerprint density at radius 1 is 1.14 bits per heavy atom. The van der Waals surface area contributed by atoms with E-state index in [-0.39, 0.29) is 11.7 Å². The fourth-order valence-corrected chi connectivity index (χ4v) is 4.39. The van der Waals surface area contributed by atoms with Crippen molar-refractivity contribution in [2.75, 3.05) is 11.1 Å². The van der Waals surface area contributed by atoms with Gasteiger partial charge in [0, 0.05) is 11.7 Å². The first kappa shape index (κ1) is 20.4. The lowest BCUT2D eigenvalue weighted by Gasteiger charge is -2.24. The van der Waals surface area contributed by atoms with E-state index in [4.69, 9.17) is 0 Å². The van der Waals surface area contributed by atoms with Crippen LogP contribution in [0.3, 0.4) is 0 Å². The molecule has 150 valence electrons. The summed E-state index contributed by atoms with van der Waals surface area (Å²) in [6.45, 7) is 5.86. The summed E-state index contributed by atoms with van der Waals surface area (Å²) in [6.07, 6.45) is 5.95. The number of hydrogen-bond acceptors (Lipinski definition) is 5. The molecule has 1 aromatic carbocycles. The Morgan fingerprint density at radius 3 is 2.64 bits per heavy atom. The zero-order valence-corrected chi connectivity index (χ0v) is 17.4. The molecule has 1 aliphatic carbocycles. The molecule has 28 heavy (non-hydrogen) atoms. The van der Waals surface area contributed by atoms with Crippen molar-refractivity contribution in [1.29, 1.82) is 0 Å². The van der Waals surface area contributed by atoms with Gasteiger partial charge in [-0.05, 0) is 50.8 Å². The van der Waals surface area contributed by atoms with Gasteiger partial charge in [-0.25, -0.2) is 4.79 Å². The van der Waals surface area contributed by atoms with Crippen LogP contribution in [0.4, 0.5) is 10.5 Å². The van der Waals surface area contributed by atoms with Crippen LogP contribution in [-0.2, 0) is 4.79 Å². The minimum absolute atomic E-state index is 0.116. The highest BCUT2D eigenvalue weighted by molar-refractivity contribution is 7.99. The number of hydrogen-bond donors (Lipinski definition) is 2. The number of urea groups is 1. The first-order chi connectivity index (χ1) is 13.5. The number of anilines is 1. The van der Waals surface area contributed by atoms with Crippen LogP contribution < -0.4 is 10.6 Å². The van der Waals surface area contributed by atoms with Gasteiger partial charge in [-0.15, -0.1) is 10.2 Å². The first-order valence-corrected chi connectivity index (χ1v) is 10.7. The second-order valence-electron chi connectivity index (χ2n) is 7.23. The Labute approximate surface area is 169 Å². The van der Waals surface area contributed by atoms with Crippen molar-refractivity contribution in [3.8, 4) is 0 Å². The molecule has 1 aromatic heterocycles. The lowest BCUT2D eigenvalue weighted by Crippen LogP contribution is -2.35. The average Bonchev–Trinajstić information content (AvgIpc) is 3.05. The van der Waals surface area contributed by atoms with Gasteiger partial charge in [0.25, 0.3) is 0 Å². The molecular formula is C20H27N5O2S. The molecule has 1 aliphatic rings. The van der Waals surface area contributed by atoms with Gasteiger partial charge in [-0.3, -0.25) is 10.1 Å². The Kier molecular flexibility index (Phi) is 6.72. The van der Waals surface area contributed by atoms with E-state index in [2.05, 4.69) is 25.4 Å². The number of aromatic nitrogens is 3. The number of carbonyl (C=O) groups is 2. The molecule has 3 amide bonds. The van der Waals surface area contributed by atoms with Crippen LogP contribution in [-0.4, -0.2) is 32.5 Å². The summed E-state index contributed by atoms with van der Waals surface area (Å²) in [5.74, 6) is 0.636. The van der Waals surface area contributed by atoms with Crippen LogP contribution in [0.25, 0.3) is 0 Å². The molecule has 0 atom stereocenters.